The Balaban J connectivity index is 1.76. The van der Waals surface area contributed by atoms with Gasteiger partial charge in [-0.15, -0.1) is 0 Å². The van der Waals surface area contributed by atoms with E-state index in [-0.39, 0.29) is 6.04 Å². The zero-order valence-electron chi connectivity index (χ0n) is 8.84. The van der Waals surface area contributed by atoms with Crippen molar-refractivity contribution in [1.29, 1.82) is 0 Å². The number of hydrogen-bond acceptors (Lipinski definition) is 2. The predicted octanol–water partition coefficient (Wildman–Crippen LogP) is 2.24. The summed E-state index contributed by atoms with van der Waals surface area (Å²) in [4.78, 5) is 4.60. The van der Waals surface area contributed by atoms with Crippen LogP contribution in [0.2, 0.25) is 0 Å². The number of rotatable bonds is 2. The van der Waals surface area contributed by atoms with Gasteiger partial charge in [-0.2, -0.15) is 0 Å². The van der Waals surface area contributed by atoms with Gasteiger partial charge in [0.05, 0.1) is 6.04 Å². The van der Waals surface area contributed by atoms with Crippen molar-refractivity contribution in [2.45, 2.75) is 6.04 Å². The Morgan fingerprint density at radius 1 is 1.06 bits per heavy atom. The summed E-state index contributed by atoms with van der Waals surface area (Å²) in [6.07, 6.45) is 8.24. The number of nitrogens with zero attached hydrogens (tertiary/aromatic N) is 1. The van der Waals surface area contributed by atoms with Gasteiger partial charge in [0.1, 0.15) is 6.61 Å². The van der Waals surface area contributed by atoms with Gasteiger partial charge in [-0.3, -0.25) is 0 Å². The first-order valence-electron chi connectivity index (χ1n) is 5.41. The molecule has 2 nitrogen and oxygen atoms in total. The maximum Gasteiger partial charge on any atom is 0.216 e. The van der Waals surface area contributed by atoms with Crippen molar-refractivity contribution in [3.05, 3.63) is 67.5 Å². The van der Waals surface area contributed by atoms with Crippen molar-refractivity contribution in [3.8, 4) is 0 Å². The van der Waals surface area contributed by atoms with E-state index in [0.717, 1.165) is 11.5 Å². The molecule has 1 saturated carbocycles. The molecule has 0 bridgehead atoms. The molecular weight excluding hydrogens is 198 g/mol. The Bertz CT molecular complexity index is 379. The monoisotopic (exact) mass is 210 g/mol. The highest BCUT2D eigenvalue weighted by atomic mass is 16.5. The van der Waals surface area contributed by atoms with Crippen LogP contribution in [-0.4, -0.2) is 18.5 Å². The van der Waals surface area contributed by atoms with E-state index >= 15 is 0 Å². The smallest absolute Gasteiger partial charge is 0.216 e. The molecule has 0 saturated heterocycles. The molecule has 1 fully saturated rings. The lowest BCUT2D eigenvalue weighted by Gasteiger charge is -2.10. The van der Waals surface area contributed by atoms with E-state index in [4.69, 9.17) is 4.74 Å². The summed E-state index contributed by atoms with van der Waals surface area (Å²) in [6.45, 7) is 0.647. The summed E-state index contributed by atoms with van der Waals surface area (Å²) in [5.74, 6) is 1.98. The molecule has 3 rings (SSSR count). The van der Waals surface area contributed by atoms with Crippen LogP contribution >= 0.6 is 0 Å². The highest BCUT2D eigenvalue weighted by molar-refractivity contribution is 5.95. The second-order valence-electron chi connectivity index (χ2n) is 3.85. The molecule has 0 unspecified atom stereocenters. The maximum atomic E-state index is 5.63. The SMILES string of the molecule is [CH]1[CH][CH][C]([C@H]2COC(c3ccccc3)=N2)[CH]1. The molecule has 0 aromatic heterocycles. The van der Waals surface area contributed by atoms with Crippen molar-refractivity contribution in [1.82, 2.24) is 0 Å². The van der Waals surface area contributed by atoms with E-state index in [0.29, 0.717) is 6.61 Å². The minimum atomic E-state index is 0.158. The Morgan fingerprint density at radius 3 is 2.56 bits per heavy atom. The van der Waals surface area contributed by atoms with Crippen molar-refractivity contribution in [3.63, 3.8) is 0 Å². The predicted molar refractivity (Wildman–Crippen MR) is 63.2 cm³/mol. The summed E-state index contributed by atoms with van der Waals surface area (Å²) in [5.41, 5.74) is 1.05. The molecule has 1 aromatic carbocycles. The lowest BCUT2D eigenvalue weighted by Crippen LogP contribution is -2.15. The van der Waals surface area contributed by atoms with Gasteiger partial charge in [-0.1, -0.05) is 18.2 Å². The average Bonchev–Trinajstić information content (AvgIpc) is 3.01. The van der Waals surface area contributed by atoms with Crippen LogP contribution in [-0.2, 0) is 4.74 Å². The molecule has 0 N–H and O–H groups in total. The topological polar surface area (TPSA) is 21.6 Å². The Kier molecular flexibility index (Phi) is 2.65. The van der Waals surface area contributed by atoms with Crippen LogP contribution in [0.3, 0.4) is 0 Å². The molecule has 1 heterocycles. The molecular formula is C14H12NO. The Hall–Kier alpha value is -1.31. The molecule has 1 aliphatic heterocycles. The van der Waals surface area contributed by atoms with E-state index in [1.165, 1.54) is 5.92 Å². The van der Waals surface area contributed by atoms with Crippen molar-refractivity contribution in [2.24, 2.45) is 4.99 Å². The van der Waals surface area contributed by atoms with Gasteiger partial charge in [0.25, 0.3) is 0 Å². The summed E-state index contributed by atoms with van der Waals surface area (Å²) in [6, 6.07) is 10.2. The van der Waals surface area contributed by atoms with Gasteiger partial charge in [0.15, 0.2) is 0 Å². The normalized spacial score (nSPS) is 25.5. The lowest BCUT2D eigenvalue weighted by atomic mass is 10.00. The standard InChI is InChI=1S/C14H12NO/c1-2-8-12(9-3-1)14-15-13(10-16-14)11-6-4-5-7-11/h1-9,13H,10H2/t13-/m1/s1. The van der Waals surface area contributed by atoms with Gasteiger partial charge in [0, 0.05) is 11.5 Å². The van der Waals surface area contributed by atoms with Gasteiger partial charge in [0.2, 0.25) is 5.90 Å². The van der Waals surface area contributed by atoms with E-state index < -0.39 is 0 Å². The highest BCUT2D eigenvalue weighted by Crippen LogP contribution is 2.30. The zero-order chi connectivity index (χ0) is 10.8. The molecule has 1 aliphatic carbocycles. The molecule has 79 valence electrons. The van der Waals surface area contributed by atoms with Crippen LogP contribution in [0, 0.1) is 31.6 Å². The fraction of sp³-hybridized carbons (Fsp3) is 0.143. The fourth-order valence-corrected chi connectivity index (χ4v) is 1.89. The number of ether oxygens (including phenoxy) is 1. The summed E-state index contributed by atoms with van der Waals surface area (Å²) >= 11 is 0. The summed E-state index contributed by atoms with van der Waals surface area (Å²) in [5, 5.41) is 0. The van der Waals surface area contributed by atoms with Crippen LogP contribution in [0.25, 0.3) is 0 Å². The lowest BCUT2D eigenvalue weighted by molar-refractivity contribution is 0.324. The third-order valence-corrected chi connectivity index (χ3v) is 2.74. The highest BCUT2D eigenvalue weighted by Gasteiger charge is 2.31. The minimum absolute atomic E-state index is 0.158. The zero-order valence-corrected chi connectivity index (χ0v) is 8.84. The molecule has 2 aliphatic rings. The first-order chi connectivity index (χ1) is 7.93. The number of aliphatic imine (C=N–C) groups is 1. The summed E-state index contributed by atoms with van der Waals surface area (Å²) in [7, 11) is 0. The molecule has 2 heteroatoms. The Labute approximate surface area is 96.3 Å². The second kappa shape index (κ2) is 4.28. The van der Waals surface area contributed by atoms with E-state index in [1.807, 2.05) is 43.2 Å². The first-order valence-corrected chi connectivity index (χ1v) is 5.41. The molecule has 1 atom stereocenters. The van der Waals surface area contributed by atoms with Crippen LogP contribution in [0.5, 0.6) is 0 Å². The van der Waals surface area contributed by atoms with Crippen LogP contribution in [0.1, 0.15) is 5.56 Å². The number of benzene rings is 1. The second-order valence-corrected chi connectivity index (χ2v) is 3.85. The van der Waals surface area contributed by atoms with Gasteiger partial charge in [-0.05, 0) is 37.8 Å². The Morgan fingerprint density at radius 2 is 1.81 bits per heavy atom. The minimum Gasteiger partial charge on any atom is -0.475 e. The average molecular weight is 210 g/mol. The van der Waals surface area contributed by atoms with Gasteiger partial charge in [-0.25, -0.2) is 4.99 Å². The van der Waals surface area contributed by atoms with Crippen LogP contribution < -0.4 is 0 Å². The van der Waals surface area contributed by atoms with Crippen molar-refractivity contribution >= 4 is 5.90 Å². The third kappa shape index (κ3) is 1.84. The molecule has 16 heavy (non-hydrogen) atoms. The molecule has 0 spiro atoms. The molecule has 0 amide bonds. The quantitative estimate of drug-likeness (QED) is 0.733. The van der Waals surface area contributed by atoms with Gasteiger partial charge < -0.3 is 4.74 Å². The third-order valence-electron chi connectivity index (χ3n) is 2.74. The van der Waals surface area contributed by atoms with Crippen LogP contribution in [0.4, 0.5) is 0 Å². The first kappa shape index (κ1) is 9.88. The number of hydrogen-bond donors (Lipinski definition) is 0. The molecule has 5 radical (unpaired) electrons. The van der Waals surface area contributed by atoms with E-state index in [2.05, 4.69) is 17.8 Å². The summed E-state index contributed by atoms with van der Waals surface area (Å²) < 4.78 is 5.63. The van der Waals surface area contributed by atoms with Gasteiger partial charge >= 0.3 is 0 Å². The molecule has 1 aromatic rings. The van der Waals surface area contributed by atoms with E-state index in [9.17, 15) is 0 Å². The maximum absolute atomic E-state index is 5.63. The largest absolute Gasteiger partial charge is 0.475 e. The van der Waals surface area contributed by atoms with Crippen LogP contribution in [0.15, 0.2) is 35.3 Å². The van der Waals surface area contributed by atoms with Crippen molar-refractivity contribution < 1.29 is 4.74 Å². The van der Waals surface area contributed by atoms with E-state index in [1.54, 1.807) is 0 Å². The fourth-order valence-electron chi connectivity index (χ4n) is 1.89. The van der Waals surface area contributed by atoms with Crippen molar-refractivity contribution in [2.75, 3.05) is 6.61 Å².